The number of fused-ring (bicyclic) bond motifs is 12. The van der Waals surface area contributed by atoms with Crippen LogP contribution in [0, 0.1) is 0 Å². The average molecular weight is 661 g/mol. The number of benzene rings is 7. The fourth-order valence-corrected chi connectivity index (χ4v) is 8.25. The SMILES string of the molecule is c1cnc2c(c1)ccc1c(-c3ccc(-c4ccc(-c5nc6c7ccccc7c7ccccc7c6c6ccccc56)cc4)c4ncccc34)ccnc12. The summed E-state index contributed by atoms with van der Waals surface area (Å²) in [6.45, 7) is 0. The van der Waals surface area contributed by atoms with E-state index in [0.717, 1.165) is 77.1 Å². The highest BCUT2D eigenvalue weighted by Crippen LogP contribution is 2.42. The van der Waals surface area contributed by atoms with E-state index in [9.17, 15) is 0 Å². The molecule has 4 heteroatoms. The number of hydrogen-bond acceptors (Lipinski definition) is 4. The Balaban J connectivity index is 1.07. The highest BCUT2D eigenvalue weighted by Gasteiger charge is 2.18. The number of nitrogens with zero attached hydrogens (tertiary/aromatic N) is 4. The molecule has 0 spiro atoms. The van der Waals surface area contributed by atoms with Gasteiger partial charge in [-0.1, -0.05) is 133 Å². The van der Waals surface area contributed by atoms with E-state index in [4.69, 9.17) is 15.0 Å². The Labute approximate surface area is 298 Å². The van der Waals surface area contributed by atoms with Crippen LogP contribution in [-0.4, -0.2) is 19.9 Å². The molecule has 0 saturated heterocycles. The van der Waals surface area contributed by atoms with Crippen molar-refractivity contribution in [1.29, 1.82) is 0 Å². The molecule has 0 radical (unpaired) electrons. The van der Waals surface area contributed by atoms with E-state index >= 15 is 0 Å². The predicted octanol–water partition coefficient (Wildman–Crippen LogP) is 12.3. The molecule has 0 saturated carbocycles. The molecule has 240 valence electrons. The first kappa shape index (κ1) is 28.8. The number of hydrogen-bond donors (Lipinski definition) is 0. The Bertz CT molecular complexity index is 3240. The molecule has 0 N–H and O–H groups in total. The van der Waals surface area contributed by atoms with E-state index in [0.29, 0.717) is 0 Å². The monoisotopic (exact) mass is 660 g/mol. The van der Waals surface area contributed by atoms with Gasteiger partial charge in [-0.25, -0.2) is 4.98 Å². The molecule has 0 amide bonds. The molecular formula is C48H28N4. The third kappa shape index (κ3) is 4.21. The zero-order chi connectivity index (χ0) is 34.2. The second kappa shape index (κ2) is 11.2. The quantitative estimate of drug-likeness (QED) is 0.177. The molecule has 0 aliphatic rings. The van der Waals surface area contributed by atoms with Gasteiger partial charge < -0.3 is 0 Å². The van der Waals surface area contributed by atoms with Crippen LogP contribution >= 0.6 is 0 Å². The Hall–Kier alpha value is -7.04. The van der Waals surface area contributed by atoms with Crippen LogP contribution in [0.25, 0.3) is 109 Å². The molecule has 7 aromatic carbocycles. The summed E-state index contributed by atoms with van der Waals surface area (Å²) < 4.78 is 0. The topological polar surface area (TPSA) is 51.6 Å². The maximum absolute atomic E-state index is 5.47. The maximum atomic E-state index is 5.47. The summed E-state index contributed by atoms with van der Waals surface area (Å²) in [6, 6.07) is 53.9. The smallest absolute Gasteiger partial charge is 0.0970 e. The third-order valence-corrected chi connectivity index (χ3v) is 10.6. The van der Waals surface area contributed by atoms with Crippen LogP contribution in [-0.2, 0) is 0 Å². The van der Waals surface area contributed by atoms with Gasteiger partial charge in [0.05, 0.1) is 27.8 Å². The van der Waals surface area contributed by atoms with E-state index in [2.05, 4.69) is 145 Å². The summed E-state index contributed by atoms with van der Waals surface area (Å²) in [7, 11) is 0. The van der Waals surface area contributed by atoms with Crippen LogP contribution in [0.3, 0.4) is 0 Å². The first-order valence-corrected chi connectivity index (χ1v) is 17.6. The van der Waals surface area contributed by atoms with Gasteiger partial charge in [0, 0.05) is 62.0 Å². The van der Waals surface area contributed by atoms with Gasteiger partial charge in [0.15, 0.2) is 0 Å². The van der Waals surface area contributed by atoms with E-state index in [-0.39, 0.29) is 0 Å². The molecule has 0 bridgehead atoms. The molecule has 0 aliphatic heterocycles. The Morgan fingerprint density at radius 3 is 1.65 bits per heavy atom. The van der Waals surface area contributed by atoms with Crippen molar-refractivity contribution in [3.05, 3.63) is 170 Å². The van der Waals surface area contributed by atoms with Gasteiger partial charge in [0.2, 0.25) is 0 Å². The minimum Gasteiger partial charge on any atom is -0.256 e. The summed E-state index contributed by atoms with van der Waals surface area (Å²) in [5, 5.41) is 11.7. The Kier molecular flexibility index (Phi) is 6.22. The van der Waals surface area contributed by atoms with Crippen molar-refractivity contribution in [1.82, 2.24) is 19.9 Å². The standard InChI is InChI=1S/C48H28N4/c1-3-12-37-33(10-1)34-11-2-5-14-40(34)47-43(37)38-13-4-6-15-41(38)44(52-47)31-19-17-29(18-20-31)32-23-24-35(39-16-8-27-50-46(32)39)36-25-28-51-48-42(36)22-21-30-9-7-26-49-45(30)48/h1-28H. The summed E-state index contributed by atoms with van der Waals surface area (Å²) in [5.41, 5.74) is 10.3. The lowest BCUT2D eigenvalue weighted by molar-refractivity contribution is 1.37. The van der Waals surface area contributed by atoms with Gasteiger partial charge in [-0.15, -0.1) is 0 Å². The third-order valence-electron chi connectivity index (χ3n) is 10.6. The summed E-state index contributed by atoms with van der Waals surface area (Å²) in [5.74, 6) is 0. The first-order chi connectivity index (χ1) is 25.8. The molecule has 0 unspecified atom stereocenters. The van der Waals surface area contributed by atoms with Crippen molar-refractivity contribution in [2.45, 2.75) is 0 Å². The minimum atomic E-state index is 0.906. The minimum absolute atomic E-state index is 0.906. The van der Waals surface area contributed by atoms with Gasteiger partial charge in [-0.05, 0) is 56.4 Å². The van der Waals surface area contributed by atoms with Crippen molar-refractivity contribution in [2.24, 2.45) is 0 Å². The highest BCUT2D eigenvalue weighted by atomic mass is 14.7. The second-order valence-corrected chi connectivity index (χ2v) is 13.4. The second-order valence-electron chi connectivity index (χ2n) is 13.4. The molecule has 0 fully saturated rings. The number of rotatable bonds is 3. The Morgan fingerprint density at radius 2 is 0.846 bits per heavy atom. The van der Waals surface area contributed by atoms with Gasteiger partial charge in [-0.2, -0.15) is 0 Å². The summed E-state index contributed by atoms with van der Waals surface area (Å²) in [4.78, 5) is 19.8. The van der Waals surface area contributed by atoms with Gasteiger partial charge in [0.1, 0.15) is 0 Å². The molecule has 11 rings (SSSR count). The summed E-state index contributed by atoms with van der Waals surface area (Å²) in [6.07, 6.45) is 5.60. The van der Waals surface area contributed by atoms with Crippen molar-refractivity contribution in [3.8, 4) is 33.5 Å². The van der Waals surface area contributed by atoms with E-state index < -0.39 is 0 Å². The van der Waals surface area contributed by atoms with Crippen LogP contribution < -0.4 is 0 Å². The molecular weight excluding hydrogens is 633 g/mol. The van der Waals surface area contributed by atoms with Crippen molar-refractivity contribution < 1.29 is 0 Å². The molecule has 4 heterocycles. The summed E-state index contributed by atoms with van der Waals surface area (Å²) >= 11 is 0. The predicted molar refractivity (Wildman–Crippen MR) is 216 cm³/mol. The number of pyridine rings is 4. The molecule has 52 heavy (non-hydrogen) atoms. The van der Waals surface area contributed by atoms with Crippen molar-refractivity contribution in [2.75, 3.05) is 0 Å². The molecule has 4 nitrogen and oxygen atoms in total. The van der Waals surface area contributed by atoms with Crippen LogP contribution in [0.2, 0.25) is 0 Å². The lowest BCUT2D eigenvalue weighted by atomic mass is 9.91. The van der Waals surface area contributed by atoms with Gasteiger partial charge in [-0.3, -0.25) is 15.0 Å². The lowest BCUT2D eigenvalue weighted by Crippen LogP contribution is -1.93. The maximum Gasteiger partial charge on any atom is 0.0970 e. The Morgan fingerprint density at radius 1 is 0.288 bits per heavy atom. The molecule has 0 atom stereocenters. The number of aromatic nitrogens is 4. The van der Waals surface area contributed by atoms with E-state index in [1.165, 1.54) is 32.3 Å². The van der Waals surface area contributed by atoms with Crippen molar-refractivity contribution in [3.63, 3.8) is 0 Å². The van der Waals surface area contributed by atoms with Gasteiger partial charge in [0.25, 0.3) is 0 Å². The van der Waals surface area contributed by atoms with Crippen LogP contribution in [0.5, 0.6) is 0 Å². The largest absolute Gasteiger partial charge is 0.256 e. The first-order valence-electron chi connectivity index (χ1n) is 17.6. The van der Waals surface area contributed by atoms with Crippen LogP contribution in [0.1, 0.15) is 0 Å². The average Bonchev–Trinajstić information content (AvgIpc) is 3.23. The van der Waals surface area contributed by atoms with E-state index in [1.807, 2.05) is 30.7 Å². The van der Waals surface area contributed by atoms with Gasteiger partial charge >= 0.3 is 0 Å². The lowest BCUT2D eigenvalue weighted by Gasteiger charge is -2.16. The van der Waals surface area contributed by atoms with E-state index in [1.54, 1.807) is 0 Å². The van der Waals surface area contributed by atoms with Crippen molar-refractivity contribution >= 4 is 75.9 Å². The highest BCUT2D eigenvalue weighted by molar-refractivity contribution is 6.31. The molecule has 4 aromatic heterocycles. The molecule has 11 aromatic rings. The zero-order valence-corrected chi connectivity index (χ0v) is 28.0. The van der Waals surface area contributed by atoms with Crippen LogP contribution in [0.15, 0.2) is 170 Å². The molecule has 0 aliphatic carbocycles. The van der Waals surface area contributed by atoms with Crippen LogP contribution in [0.4, 0.5) is 0 Å². The fraction of sp³-hybridized carbons (Fsp3) is 0. The fourth-order valence-electron chi connectivity index (χ4n) is 8.25. The zero-order valence-electron chi connectivity index (χ0n) is 28.0. The normalized spacial score (nSPS) is 11.8.